The highest BCUT2D eigenvalue weighted by atomic mass is 32.1. The second-order valence-electron chi connectivity index (χ2n) is 9.88. The number of rotatable bonds is 14. The van der Waals surface area contributed by atoms with Gasteiger partial charge in [-0.15, -0.1) is 0 Å². The van der Waals surface area contributed by atoms with E-state index in [0.29, 0.717) is 38.3 Å². The first-order valence-electron chi connectivity index (χ1n) is 11.9. The van der Waals surface area contributed by atoms with E-state index in [1.807, 2.05) is 32.6 Å². The number of carbonyl (C=O) groups excluding carboxylic acids is 3. The van der Waals surface area contributed by atoms with Gasteiger partial charge in [0.2, 0.25) is 17.7 Å². The molecule has 184 valence electrons. The summed E-state index contributed by atoms with van der Waals surface area (Å²) in [5, 5.41) is 9.14. The SMILES string of the molecule is C=C(NCCCCC(NC(=O)C(C)C)C(=O)NCCCN1C(=O)CC(S)C1(C)C)C(C)C. The molecule has 2 unspecified atom stereocenters. The molecule has 1 fully saturated rings. The molecule has 0 aliphatic carbocycles. The van der Waals surface area contributed by atoms with Gasteiger partial charge in [-0.05, 0) is 45.4 Å². The Morgan fingerprint density at radius 1 is 1.06 bits per heavy atom. The van der Waals surface area contributed by atoms with Crippen molar-refractivity contribution in [1.29, 1.82) is 0 Å². The molecule has 2 atom stereocenters. The second kappa shape index (κ2) is 13.1. The Bertz CT molecular complexity index is 664. The van der Waals surface area contributed by atoms with Gasteiger partial charge in [-0.3, -0.25) is 14.4 Å². The first kappa shape index (κ1) is 28.3. The van der Waals surface area contributed by atoms with Gasteiger partial charge in [0.1, 0.15) is 6.04 Å². The minimum Gasteiger partial charge on any atom is -0.389 e. The number of hydrogen-bond donors (Lipinski definition) is 4. The predicted octanol–water partition coefficient (Wildman–Crippen LogP) is 2.87. The van der Waals surface area contributed by atoms with Gasteiger partial charge in [0.25, 0.3) is 0 Å². The molecule has 3 amide bonds. The third-order valence-electron chi connectivity index (χ3n) is 6.16. The van der Waals surface area contributed by atoms with E-state index in [1.54, 1.807) is 0 Å². The predicted molar refractivity (Wildman–Crippen MR) is 133 cm³/mol. The van der Waals surface area contributed by atoms with Crippen LogP contribution in [-0.2, 0) is 14.4 Å². The number of nitrogens with one attached hydrogen (secondary N) is 3. The molecular weight excluding hydrogens is 424 g/mol. The van der Waals surface area contributed by atoms with E-state index in [0.717, 1.165) is 25.1 Å². The highest BCUT2D eigenvalue weighted by molar-refractivity contribution is 7.81. The van der Waals surface area contributed by atoms with Crippen molar-refractivity contribution in [2.45, 2.75) is 90.5 Å². The van der Waals surface area contributed by atoms with Crippen LogP contribution >= 0.6 is 12.6 Å². The lowest BCUT2D eigenvalue weighted by molar-refractivity contribution is -0.131. The van der Waals surface area contributed by atoms with Crippen LogP contribution in [0.4, 0.5) is 0 Å². The first-order chi connectivity index (χ1) is 14.9. The zero-order valence-corrected chi connectivity index (χ0v) is 21.7. The fourth-order valence-electron chi connectivity index (χ4n) is 3.55. The molecule has 0 aromatic carbocycles. The third kappa shape index (κ3) is 8.68. The van der Waals surface area contributed by atoms with Crippen molar-refractivity contribution in [3.05, 3.63) is 12.3 Å². The monoisotopic (exact) mass is 468 g/mol. The summed E-state index contributed by atoms with van der Waals surface area (Å²) in [6, 6.07) is -0.551. The summed E-state index contributed by atoms with van der Waals surface area (Å²) in [4.78, 5) is 39.0. The molecule has 0 saturated carbocycles. The van der Waals surface area contributed by atoms with Gasteiger partial charge in [-0.1, -0.05) is 34.3 Å². The molecule has 3 N–H and O–H groups in total. The standard InChI is InChI=1S/C24H44N4O3S/c1-16(2)18(5)25-12-9-8-11-19(27-22(30)17(3)4)23(31)26-13-10-14-28-21(29)15-20(32)24(28,6)7/h16-17,19-20,25,32H,5,8-15H2,1-4,6-7H3,(H,26,31)(H,27,30). The number of unbranched alkanes of at least 4 members (excludes halogenated alkanes) is 1. The summed E-state index contributed by atoms with van der Waals surface area (Å²) in [6.45, 7) is 17.7. The molecule has 1 heterocycles. The van der Waals surface area contributed by atoms with Crippen molar-refractivity contribution in [3.8, 4) is 0 Å². The maximum absolute atomic E-state index is 12.8. The van der Waals surface area contributed by atoms with E-state index >= 15 is 0 Å². The number of carbonyl (C=O) groups is 3. The minimum atomic E-state index is -0.551. The fourth-order valence-corrected chi connectivity index (χ4v) is 3.84. The third-order valence-corrected chi connectivity index (χ3v) is 6.98. The van der Waals surface area contributed by atoms with E-state index in [-0.39, 0.29) is 34.4 Å². The van der Waals surface area contributed by atoms with Crippen LogP contribution in [0.25, 0.3) is 0 Å². The van der Waals surface area contributed by atoms with Gasteiger partial charge in [0.15, 0.2) is 0 Å². The van der Waals surface area contributed by atoms with E-state index in [1.165, 1.54) is 0 Å². The Kier molecular flexibility index (Phi) is 11.6. The van der Waals surface area contributed by atoms with Crippen molar-refractivity contribution in [1.82, 2.24) is 20.9 Å². The van der Waals surface area contributed by atoms with Gasteiger partial charge in [0.05, 0.1) is 0 Å². The number of nitrogens with zero attached hydrogens (tertiary/aromatic N) is 1. The molecule has 8 heteroatoms. The van der Waals surface area contributed by atoms with Crippen LogP contribution in [-0.4, -0.2) is 59.1 Å². The van der Waals surface area contributed by atoms with Gasteiger partial charge >= 0.3 is 0 Å². The average molecular weight is 469 g/mol. The molecule has 0 bridgehead atoms. The molecule has 32 heavy (non-hydrogen) atoms. The summed E-state index contributed by atoms with van der Waals surface area (Å²) < 4.78 is 0. The van der Waals surface area contributed by atoms with E-state index in [4.69, 9.17) is 0 Å². The molecule has 0 aromatic heterocycles. The summed E-state index contributed by atoms with van der Waals surface area (Å²) >= 11 is 4.53. The van der Waals surface area contributed by atoms with Crippen LogP contribution < -0.4 is 16.0 Å². The lowest BCUT2D eigenvalue weighted by Crippen LogP contribution is -2.49. The molecule has 1 rings (SSSR count). The number of amides is 3. The molecule has 0 aromatic rings. The van der Waals surface area contributed by atoms with Crippen LogP contribution in [0.5, 0.6) is 0 Å². The smallest absolute Gasteiger partial charge is 0.242 e. The Morgan fingerprint density at radius 3 is 2.22 bits per heavy atom. The van der Waals surface area contributed by atoms with Gasteiger partial charge in [-0.25, -0.2) is 0 Å². The molecular formula is C24H44N4O3S. The van der Waals surface area contributed by atoms with Crippen LogP contribution in [0.15, 0.2) is 12.3 Å². The molecule has 0 radical (unpaired) electrons. The Hall–Kier alpha value is -1.70. The quantitative estimate of drug-likeness (QED) is 0.233. The Balaban J connectivity index is 2.48. The highest BCUT2D eigenvalue weighted by Crippen LogP contribution is 2.33. The number of allylic oxidation sites excluding steroid dienone is 1. The largest absolute Gasteiger partial charge is 0.389 e. The maximum Gasteiger partial charge on any atom is 0.242 e. The van der Waals surface area contributed by atoms with Gasteiger partial charge in [0, 0.05) is 48.5 Å². The van der Waals surface area contributed by atoms with Crippen molar-refractivity contribution in [3.63, 3.8) is 0 Å². The zero-order valence-electron chi connectivity index (χ0n) is 20.8. The van der Waals surface area contributed by atoms with Crippen LogP contribution in [0.3, 0.4) is 0 Å². The maximum atomic E-state index is 12.8. The van der Waals surface area contributed by atoms with E-state index in [2.05, 4.69) is 49.0 Å². The second-order valence-corrected chi connectivity index (χ2v) is 10.5. The molecule has 0 spiro atoms. The number of hydrogen-bond acceptors (Lipinski definition) is 5. The van der Waals surface area contributed by atoms with Crippen LogP contribution in [0.1, 0.15) is 73.6 Å². The first-order valence-corrected chi connectivity index (χ1v) is 12.4. The van der Waals surface area contributed by atoms with Crippen molar-refractivity contribution in [2.75, 3.05) is 19.6 Å². The lowest BCUT2D eigenvalue weighted by Gasteiger charge is -2.34. The van der Waals surface area contributed by atoms with E-state index in [9.17, 15) is 14.4 Å². The van der Waals surface area contributed by atoms with Gasteiger partial charge in [-0.2, -0.15) is 12.6 Å². The summed E-state index contributed by atoms with van der Waals surface area (Å²) in [7, 11) is 0. The topological polar surface area (TPSA) is 90.5 Å². The van der Waals surface area contributed by atoms with Crippen molar-refractivity contribution < 1.29 is 14.4 Å². The van der Waals surface area contributed by atoms with E-state index < -0.39 is 6.04 Å². The molecule has 7 nitrogen and oxygen atoms in total. The average Bonchev–Trinajstić information content (AvgIpc) is 2.90. The number of likely N-dealkylation sites (tertiary alicyclic amines) is 1. The molecule has 1 aliphatic rings. The summed E-state index contributed by atoms with van der Waals surface area (Å²) in [5.74, 6) is 0.0216. The normalized spacial score (nSPS) is 18.7. The Morgan fingerprint density at radius 2 is 1.69 bits per heavy atom. The lowest BCUT2D eigenvalue weighted by atomic mass is 10.0. The zero-order chi connectivity index (χ0) is 24.5. The number of thiol groups is 1. The van der Waals surface area contributed by atoms with Crippen molar-refractivity contribution >= 4 is 30.4 Å². The summed E-state index contributed by atoms with van der Waals surface area (Å²) in [5.41, 5.74) is 0.726. The van der Waals surface area contributed by atoms with Crippen LogP contribution in [0.2, 0.25) is 0 Å². The van der Waals surface area contributed by atoms with Crippen LogP contribution in [0, 0.1) is 11.8 Å². The highest BCUT2D eigenvalue weighted by Gasteiger charge is 2.43. The molecule has 1 aliphatic heterocycles. The van der Waals surface area contributed by atoms with Gasteiger partial charge < -0.3 is 20.9 Å². The Labute approximate surface area is 199 Å². The van der Waals surface area contributed by atoms with Crippen molar-refractivity contribution in [2.24, 2.45) is 11.8 Å². The summed E-state index contributed by atoms with van der Waals surface area (Å²) in [6.07, 6.45) is 3.40. The molecule has 1 saturated heterocycles. The fraction of sp³-hybridized carbons (Fsp3) is 0.792. The minimum absolute atomic E-state index is 0.0208.